The summed E-state index contributed by atoms with van der Waals surface area (Å²) in [5.41, 5.74) is 4.64. The second-order valence-electron chi connectivity index (χ2n) is 8.24. The predicted octanol–water partition coefficient (Wildman–Crippen LogP) is 2.43. The number of methoxy groups -OCH3 is 1. The summed E-state index contributed by atoms with van der Waals surface area (Å²) in [6, 6.07) is 11.2. The standard InChI is InChI=1S/C25H19N5O4.ClH/c1-34-19(31)12-15-11-14-5-4-6-16-22(26-8-10-29(15)23(14)16)21-20(24(32)28-25(21)33)17-13-27-18-7-2-3-9-30(17)18;/h2-10,13,15H,11-12H2,1H3,(H,28,32,33);1H. The lowest BCUT2D eigenvalue weighted by Gasteiger charge is -2.23. The molecule has 0 saturated carbocycles. The number of pyridine rings is 1. The Hall–Kier alpha value is -4.24. The maximum absolute atomic E-state index is 13.1. The Morgan fingerprint density at radius 3 is 2.80 bits per heavy atom. The molecule has 0 aliphatic carbocycles. The van der Waals surface area contributed by atoms with Crippen LogP contribution in [0.25, 0.3) is 11.2 Å². The predicted molar refractivity (Wildman–Crippen MR) is 131 cm³/mol. The first-order chi connectivity index (χ1) is 16.6. The molecule has 2 amide bonds. The van der Waals surface area contributed by atoms with Crippen LogP contribution in [0, 0.1) is 0 Å². The minimum Gasteiger partial charge on any atom is -0.469 e. The summed E-state index contributed by atoms with van der Waals surface area (Å²) in [4.78, 5) is 49.0. The number of carbonyl (C=O) groups is 3. The average Bonchev–Trinajstić information content (AvgIpc) is 3.45. The molecule has 0 saturated heterocycles. The molecule has 1 aromatic carbocycles. The van der Waals surface area contributed by atoms with E-state index in [1.54, 1.807) is 29.2 Å². The Bertz CT molecular complexity index is 1500. The van der Waals surface area contributed by atoms with Gasteiger partial charge in [-0.3, -0.25) is 29.1 Å². The molecule has 3 aliphatic heterocycles. The molecule has 2 aromatic heterocycles. The third-order valence-electron chi connectivity index (χ3n) is 6.38. The number of hydrogen-bond donors (Lipinski definition) is 1. The van der Waals surface area contributed by atoms with Crippen LogP contribution in [-0.2, 0) is 25.5 Å². The van der Waals surface area contributed by atoms with Crippen LogP contribution >= 0.6 is 12.4 Å². The van der Waals surface area contributed by atoms with E-state index < -0.39 is 11.8 Å². The second kappa shape index (κ2) is 8.52. The van der Waals surface area contributed by atoms with Gasteiger partial charge in [-0.2, -0.15) is 0 Å². The SMILES string of the molecule is COC(=O)CC1Cc2cccc3c2N1C=CN=C3C1=C(c2cnc3ccccn23)C(=O)NC1=O.Cl. The van der Waals surface area contributed by atoms with Crippen LogP contribution in [0.1, 0.15) is 23.2 Å². The van der Waals surface area contributed by atoms with E-state index in [2.05, 4.69) is 15.3 Å². The third kappa shape index (κ3) is 3.43. The highest BCUT2D eigenvalue weighted by Gasteiger charge is 2.40. The third-order valence-corrected chi connectivity index (χ3v) is 6.38. The van der Waals surface area contributed by atoms with Gasteiger partial charge in [0.1, 0.15) is 5.65 Å². The molecule has 3 aromatic rings. The Labute approximate surface area is 206 Å². The van der Waals surface area contributed by atoms with Crippen molar-refractivity contribution in [2.24, 2.45) is 4.99 Å². The van der Waals surface area contributed by atoms with Crippen LogP contribution in [0.4, 0.5) is 5.69 Å². The number of para-hydroxylation sites is 1. The van der Waals surface area contributed by atoms with Crippen molar-refractivity contribution in [2.45, 2.75) is 18.9 Å². The van der Waals surface area contributed by atoms with Crippen molar-refractivity contribution in [1.82, 2.24) is 14.7 Å². The maximum Gasteiger partial charge on any atom is 0.307 e. The molecule has 0 radical (unpaired) electrons. The van der Waals surface area contributed by atoms with Crippen LogP contribution in [0.2, 0.25) is 0 Å². The van der Waals surface area contributed by atoms with Gasteiger partial charge in [0.2, 0.25) is 0 Å². The van der Waals surface area contributed by atoms with E-state index in [0.717, 1.165) is 16.8 Å². The molecule has 1 N–H and O–H groups in total. The monoisotopic (exact) mass is 489 g/mol. The van der Waals surface area contributed by atoms with Crippen molar-refractivity contribution in [3.8, 4) is 0 Å². The van der Waals surface area contributed by atoms with Gasteiger partial charge in [0.05, 0.1) is 48.0 Å². The van der Waals surface area contributed by atoms with Gasteiger partial charge in [0.15, 0.2) is 0 Å². The molecule has 10 heteroatoms. The Morgan fingerprint density at radius 2 is 1.97 bits per heavy atom. The van der Waals surface area contributed by atoms with Crippen molar-refractivity contribution >= 4 is 52.8 Å². The van der Waals surface area contributed by atoms with Gasteiger partial charge in [-0.25, -0.2) is 4.98 Å². The van der Waals surface area contributed by atoms with E-state index in [-0.39, 0.29) is 42.0 Å². The number of nitrogens with one attached hydrogen (secondary N) is 1. The number of nitrogens with zero attached hydrogens (tertiary/aromatic N) is 4. The molecular formula is C25H20ClN5O4. The van der Waals surface area contributed by atoms with E-state index in [9.17, 15) is 14.4 Å². The highest BCUT2D eigenvalue weighted by Crippen LogP contribution is 2.40. The number of hydrogen-bond acceptors (Lipinski definition) is 7. The fraction of sp³-hybridized carbons (Fsp3) is 0.160. The van der Waals surface area contributed by atoms with Crippen molar-refractivity contribution in [3.05, 3.63) is 83.6 Å². The van der Waals surface area contributed by atoms with Gasteiger partial charge in [-0.05, 0) is 24.1 Å². The summed E-state index contributed by atoms with van der Waals surface area (Å²) in [7, 11) is 1.37. The summed E-state index contributed by atoms with van der Waals surface area (Å²) in [5.74, 6) is -1.29. The first-order valence-corrected chi connectivity index (χ1v) is 10.8. The number of benzene rings is 1. The summed E-state index contributed by atoms with van der Waals surface area (Å²) in [6.45, 7) is 0. The van der Waals surface area contributed by atoms with Crippen molar-refractivity contribution in [3.63, 3.8) is 0 Å². The Kier molecular flexibility index (Phi) is 5.49. The lowest BCUT2D eigenvalue weighted by molar-refractivity contribution is -0.141. The maximum atomic E-state index is 13.1. The zero-order chi connectivity index (χ0) is 23.4. The molecule has 176 valence electrons. The van der Waals surface area contributed by atoms with Gasteiger partial charge in [-0.1, -0.05) is 24.3 Å². The average molecular weight is 490 g/mol. The van der Waals surface area contributed by atoms with Gasteiger partial charge >= 0.3 is 5.97 Å². The van der Waals surface area contributed by atoms with Gasteiger partial charge in [0.25, 0.3) is 11.8 Å². The number of imide groups is 1. The molecule has 1 atom stereocenters. The van der Waals surface area contributed by atoms with Crippen molar-refractivity contribution in [2.75, 3.05) is 12.0 Å². The van der Waals surface area contributed by atoms with Gasteiger partial charge in [0, 0.05) is 30.2 Å². The second-order valence-corrected chi connectivity index (χ2v) is 8.24. The highest BCUT2D eigenvalue weighted by atomic mass is 35.5. The summed E-state index contributed by atoms with van der Waals surface area (Å²) < 4.78 is 6.65. The number of rotatable bonds is 4. The lowest BCUT2D eigenvalue weighted by Crippen LogP contribution is -2.30. The fourth-order valence-corrected chi connectivity index (χ4v) is 4.92. The fourth-order valence-electron chi connectivity index (χ4n) is 4.92. The quantitative estimate of drug-likeness (QED) is 0.446. The zero-order valence-corrected chi connectivity index (χ0v) is 19.4. The Morgan fingerprint density at radius 1 is 1.14 bits per heavy atom. The number of amides is 2. The molecule has 6 rings (SSSR count). The smallest absolute Gasteiger partial charge is 0.307 e. The topological polar surface area (TPSA) is 105 Å². The molecule has 0 bridgehead atoms. The molecule has 9 nitrogen and oxygen atoms in total. The summed E-state index contributed by atoms with van der Waals surface area (Å²) in [5, 5.41) is 2.43. The molecule has 5 heterocycles. The normalized spacial score (nSPS) is 18.3. The number of aliphatic imine (C=N–C) groups is 1. The van der Waals surface area contributed by atoms with Crippen molar-refractivity contribution < 1.29 is 19.1 Å². The van der Waals surface area contributed by atoms with Crippen LogP contribution in [0.5, 0.6) is 0 Å². The van der Waals surface area contributed by atoms with Crippen LogP contribution in [-0.4, -0.2) is 46.0 Å². The van der Waals surface area contributed by atoms with E-state index in [0.29, 0.717) is 23.5 Å². The molecule has 3 aliphatic rings. The number of ether oxygens (including phenoxy) is 1. The van der Waals surface area contributed by atoms with Crippen LogP contribution in [0.3, 0.4) is 0 Å². The van der Waals surface area contributed by atoms with Gasteiger partial charge in [-0.15, -0.1) is 12.4 Å². The van der Waals surface area contributed by atoms with Crippen LogP contribution in [0.15, 0.2) is 71.8 Å². The Balaban J connectivity index is 0.00000253. The first-order valence-electron chi connectivity index (χ1n) is 10.8. The number of aromatic nitrogens is 2. The number of fused-ring (bicyclic) bond motifs is 1. The highest BCUT2D eigenvalue weighted by molar-refractivity contribution is 6.47. The van der Waals surface area contributed by atoms with E-state index >= 15 is 0 Å². The number of carbonyl (C=O) groups excluding carboxylic acids is 3. The number of halogens is 1. The summed E-state index contributed by atoms with van der Waals surface area (Å²) in [6.07, 6.45) is 7.67. The van der Waals surface area contributed by atoms with E-state index in [4.69, 9.17) is 4.74 Å². The lowest BCUT2D eigenvalue weighted by atomic mass is 9.94. The van der Waals surface area contributed by atoms with Crippen LogP contribution < -0.4 is 10.2 Å². The van der Waals surface area contributed by atoms with Gasteiger partial charge < -0.3 is 9.64 Å². The molecule has 0 fully saturated rings. The van der Waals surface area contributed by atoms with Crippen molar-refractivity contribution in [1.29, 1.82) is 0 Å². The number of imidazole rings is 1. The summed E-state index contributed by atoms with van der Waals surface area (Å²) >= 11 is 0. The number of anilines is 1. The van der Waals surface area contributed by atoms with E-state index in [1.165, 1.54) is 7.11 Å². The molecular weight excluding hydrogens is 470 g/mol. The molecule has 1 unspecified atom stereocenters. The number of esters is 1. The largest absolute Gasteiger partial charge is 0.469 e. The molecule has 35 heavy (non-hydrogen) atoms. The minimum atomic E-state index is -0.506. The van der Waals surface area contributed by atoms with E-state index in [1.807, 2.05) is 41.3 Å². The first kappa shape index (κ1) is 22.5. The molecule has 0 spiro atoms. The minimum absolute atomic E-state index is 0. The zero-order valence-electron chi connectivity index (χ0n) is 18.6.